The Kier molecular flexibility index (Phi) is 7.32. The molecule has 0 saturated carbocycles. The van der Waals surface area contributed by atoms with Crippen molar-refractivity contribution < 1.29 is 24.0 Å². The van der Waals surface area contributed by atoms with Crippen LogP contribution in [0.3, 0.4) is 0 Å². The average Bonchev–Trinajstić information content (AvgIpc) is 2.82. The van der Waals surface area contributed by atoms with E-state index in [-0.39, 0.29) is 22.9 Å². The lowest BCUT2D eigenvalue weighted by Crippen LogP contribution is -2.43. The number of rotatable bonds is 7. The number of ether oxygens (including phenoxy) is 1. The highest BCUT2D eigenvalue weighted by molar-refractivity contribution is 6.05. The molecule has 0 saturated heterocycles. The van der Waals surface area contributed by atoms with Crippen molar-refractivity contribution in [3.8, 4) is 5.75 Å². The number of hydrazine groups is 1. The van der Waals surface area contributed by atoms with Crippen LogP contribution in [0.4, 0.5) is 11.4 Å². The van der Waals surface area contributed by atoms with E-state index in [4.69, 9.17) is 4.74 Å². The van der Waals surface area contributed by atoms with Gasteiger partial charge in [0.1, 0.15) is 5.75 Å². The molecule has 0 radical (unpaired) electrons. The van der Waals surface area contributed by atoms with Crippen molar-refractivity contribution in [2.24, 2.45) is 0 Å². The Labute approximate surface area is 188 Å². The van der Waals surface area contributed by atoms with Crippen molar-refractivity contribution in [3.05, 3.63) is 99.6 Å². The maximum atomic E-state index is 12.4. The molecule has 0 heterocycles. The molecule has 0 aliphatic heterocycles. The van der Waals surface area contributed by atoms with E-state index in [0.717, 1.165) is 5.56 Å². The summed E-state index contributed by atoms with van der Waals surface area (Å²) >= 11 is 0. The minimum absolute atomic E-state index is 0.0974. The van der Waals surface area contributed by atoms with Crippen LogP contribution in [-0.2, 0) is 4.79 Å². The number of nitrogens with one attached hydrogen (secondary N) is 3. The lowest BCUT2D eigenvalue weighted by molar-refractivity contribution is -0.384. The molecule has 0 fully saturated rings. The number of benzene rings is 3. The molecule has 10 heteroatoms. The summed E-state index contributed by atoms with van der Waals surface area (Å²) in [5.41, 5.74) is 6.55. The van der Waals surface area contributed by atoms with E-state index in [9.17, 15) is 24.5 Å². The van der Waals surface area contributed by atoms with Gasteiger partial charge >= 0.3 is 0 Å². The molecular formula is C23H20N4O6. The second-order valence-corrected chi connectivity index (χ2v) is 6.89. The van der Waals surface area contributed by atoms with Crippen LogP contribution in [0.5, 0.6) is 5.75 Å². The fraction of sp³-hybridized carbons (Fsp3) is 0.0870. The van der Waals surface area contributed by atoms with Gasteiger partial charge in [0.15, 0.2) is 6.61 Å². The van der Waals surface area contributed by atoms with Crippen molar-refractivity contribution in [1.29, 1.82) is 0 Å². The summed E-state index contributed by atoms with van der Waals surface area (Å²) in [5.74, 6) is -1.17. The van der Waals surface area contributed by atoms with Crippen LogP contribution in [0.1, 0.15) is 26.3 Å². The first-order chi connectivity index (χ1) is 15.8. The lowest BCUT2D eigenvalue weighted by Gasteiger charge is -2.10. The largest absolute Gasteiger partial charge is 0.484 e. The molecule has 0 aliphatic rings. The van der Waals surface area contributed by atoms with Gasteiger partial charge in [-0.15, -0.1) is 0 Å². The quantitative estimate of drug-likeness (QED) is 0.375. The zero-order chi connectivity index (χ0) is 23.8. The van der Waals surface area contributed by atoms with E-state index in [1.54, 1.807) is 24.3 Å². The third-order valence-corrected chi connectivity index (χ3v) is 4.53. The van der Waals surface area contributed by atoms with Gasteiger partial charge in [0.25, 0.3) is 23.4 Å². The van der Waals surface area contributed by atoms with Gasteiger partial charge in [0.2, 0.25) is 0 Å². The number of amides is 3. The van der Waals surface area contributed by atoms with Crippen molar-refractivity contribution in [3.63, 3.8) is 0 Å². The Morgan fingerprint density at radius 3 is 2.18 bits per heavy atom. The molecule has 0 aliphatic carbocycles. The monoisotopic (exact) mass is 448 g/mol. The molecule has 3 N–H and O–H groups in total. The van der Waals surface area contributed by atoms with Crippen LogP contribution in [0.2, 0.25) is 0 Å². The van der Waals surface area contributed by atoms with Gasteiger partial charge in [-0.05, 0) is 55.0 Å². The van der Waals surface area contributed by atoms with Crippen LogP contribution in [0.15, 0.2) is 72.8 Å². The molecule has 3 aromatic rings. The summed E-state index contributed by atoms with van der Waals surface area (Å²) in [4.78, 5) is 46.5. The van der Waals surface area contributed by atoms with Crippen molar-refractivity contribution in [2.45, 2.75) is 6.92 Å². The number of hydrogen-bond acceptors (Lipinski definition) is 6. The highest BCUT2D eigenvalue weighted by atomic mass is 16.6. The topological polar surface area (TPSA) is 140 Å². The second-order valence-electron chi connectivity index (χ2n) is 6.89. The minimum Gasteiger partial charge on any atom is -0.484 e. The number of aryl methyl sites for hydroxylation is 1. The third kappa shape index (κ3) is 6.37. The molecule has 0 bridgehead atoms. The fourth-order valence-corrected chi connectivity index (χ4v) is 2.78. The van der Waals surface area contributed by atoms with Crippen LogP contribution >= 0.6 is 0 Å². The first kappa shape index (κ1) is 22.9. The van der Waals surface area contributed by atoms with Crippen molar-refractivity contribution in [1.82, 2.24) is 10.9 Å². The highest BCUT2D eigenvalue weighted by Crippen LogP contribution is 2.17. The number of carbonyl (C=O) groups excluding carboxylic acids is 3. The third-order valence-electron chi connectivity index (χ3n) is 4.53. The highest BCUT2D eigenvalue weighted by Gasteiger charge is 2.11. The van der Waals surface area contributed by atoms with E-state index in [1.807, 2.05) is 19.1 Å². The molecule has 3 aromatic carbocycles. The fourth-order valence-electron chi connectivity index (χ4n) is 2.78. The number of non-ortho nitro benzene ring substituents is 1. The summed E-state index contributed by atoms with van der Waals surface area (Å²) in [6.45, 7) is 1.44. The SMILES string of the molecule is Cc1ccccc1C(=O)Nc1ccc(C(=O)NNC(=O)COc2ccc([N+](=O)[O-])cc2)cc1. The first-order valence-corrected chi connectivity index (χ1v) is 9.77. The van der Waals surface area contributed by atoms with Gasteiger partial charge in [0, 0.05) is 28.9 Å². The molecule has 10 nitrogen and oxygen atoms in total. The Hall–Kier alpha value is -4.73. The Morgan fingerprint density at radius 2 is 1.55 bits per heavy atom. The summed E-state index contributed by atoms with van der Waals surface area (Å²) in [6.07, 6.45) is 0. The van der Waals surface area contributed by atoms with Crippen LogP contribution in [0, 0.1) is 17.0 Å². The van der Waals surface area contributed by atoms with Gasteiger partial charge in [-0.1, -0.05) is 18.2 Å². The second kappa shape index (κ2) is 10.5. The zero-order valence-corrected chi connectivity index (χ0v) is 17.5. The van der Waals surface area contributed by atoms with Crippen LogP contribution < -0.4 is 20.9 Å². The van der Waals surface area contributed by atoms with Gasteiger partial charge in [-0.2, -0.15) is 0 Å². The molecule has 0 spiro atoms. The van der Waals surface area contributed by atoms with E-state index in [1.165, 1.54) is 36.4 Å². The smallest absolute Gasteiger partial charge is 0.276 e. The van der Waals surface area contributed by atoms with Crippen molar-refractivity contribution in [2.75, 3.05) is 11.9 Å². The predicted molar refractivity (Wildman–Crippen MR) is 120 cm³/mol. The average molecular weight is 448 g/mol. The summed E-state index contributed by atoms with van der Waals surface area (Å²) in [6, 6.07) is 18.6. The maximum absolute atomic E-state index is 12.4. The molecule has 33 heavy (non-hydrogen) atoms. The number of nitro benzene ring substituents is 1. The van der Waals surface area contributed by atoms with E-state index >= 15 is 0 Å². The standard InChI is InChI=1S/C23H20N4O6/c1-15-4-2-3-5-20(15)23(30)24-17-8-6-16(7-9-17)22(29)26-25-21(28)14-33-19-12-10-18(11-13-19)27(31)32/h2-13H,14H2,1H3,(H,24,30)(H,25,28)(H,26,29). The summed E-state index contributed by atoms with van der Waals surface area (Å²) in [5, 5.41) is 13.4. The molecule has 0 unspecified atom stereocenters. The first-order valence-electron chi connectivity index (χ1n) is 9.77. The number of nitrogens with zero attached hydrogens (tertiary/aromatic N) is 1. The summed E-state index contributed by atoms with van der Waals surface area (Å²) in [7, 11) is 0. The number of nitro groups is 1. The zero-order valence-electron chi connectivity index (χ0n) is 17.5. The van der Waals surface area contributed by atoms with Gasteiger partial charge < -0.3 is 10.1 Å². The Morgan fingerprint density at radius 1 is 0.879 bits per heavy atom. The summed E-state index contributed by atoms with van der Waals surface area (Å²) < 4.78 is 5.21. The van der Waals surface area contributed by atoms with Gasteiger partial charge in [-0.25, -0.2) is 0 Å². The number of anilines is 1. The maximum Gasteiger partial charge on any atom is 0.276 e. The van der Waals surface area contributed by atoms with E-state index < -0.39 is 23.3 Å². The minimum atomic E-state index is -0.621. The van der Waals surface area contributed by atoms with Gasteiger partial charge in [-0.3, -0.25) is 35.3 Å². The van der Waals surface area contributed by atoms with Gasteiger partial charge in [0.05, 0.1) is 4.92 Å². The molecule has 3 rings (SSSR count). The predicted octanol–water partition coefficient (Wildman–Crippen LogP) is 3.00. The number of hydrogen-bond donors (Lipinski definition) is 3. The molecule has 0 atom stereocenters. The Balaban J connectivity index is 1.46. The molecule has 3 amide bonds. The molecular weight excluding hydrogens is 428 g/mol. The Bertz CT molecular complexity index is 1180. The molecule has 0 aromatic heterocycles. The molecule has 168 valence electrons. The van der Waals surface area contributed by atoms with E-state index in [0.29, 0.717) is 11.3 Å². The normalized spacial score (nSPS) is 10.1. The lowest BCUT2D eigenvalue weighted by atomic mass is 10.1. The van der Waals surface area contributed by atoms with Crippen LogP contribution in [-0.4, -0.2) is 29.3 Å². The van der Waals surface area contributed by atoms with Crippen molar-refractivity contribution >= 4 is 29.1 Å². The number of carbonyl (C=O) groups is 3. The van der Waals surface area contributed by atoms with Crippen LogP contribution in [0.25, 0.3) is 0 Å². The van der Waals surface area contributed by atoms with E-state index in [2.05, 4.69) is 16.2 Å².